The average Bonchev–Trinajstić information content (AvgIpc) is 2.83. The number of carbonyl (C=O) groups is 2. The van der Waals surface area contributed by atoms with Gasteiger partial charge in [0, 0.05) is 20.1 Å². The molecule has 1 N–H and O–H groups in total. The molecule has 2 unspecified atom stereocenters. The summed E-state index contributed by atoms with van der Waals surface area (Å²) in [4.78, 5) is 27.1. The number of nitrogens with zero attached hydrogens (tertiary/aromatic N) is 3. The Bertz CT molecular complexity index is 418. The van der Waals surface area contributed by atoms with E-state index in [-0.39, 0.29) is 11.9 Å². The third-order valence-corrected chi connectivity index (χ3v) is 3.88. The van der Waals surface area contributed by atoms with E-state index in [1.807, 2.05) is 6.92 Å². The number of carboxylic acids is 1. The molecule has 1 aliphatic rings. The fourth-order valence-corrected chi connectivity index (χ4v) is 2.90. The minimum atomic E-state index is -1.07. The van der Waals surface area contributed by atoms with Crippen molar-refractivity contribution in [1.29, 1.82) is 5.26 Å². The van der Waals surface area contributed by atoms with Gasteiger partial charge in [-0.25, -0.2) is 9.59 Å². The molecule has 0 saturated carbocycles. The van der Waals surface area contributed by atoms with Crippen molar-refractivity contribution in [3.63, 3.8) is 0 Å². The van der Waals surface area contributed by atoms with E-state index in [9.17, 15) is 14.7 Å². The molecule has 0 aromatic heterocycles. The smallest absolute Gasteiger partial charge is 0.329 e. The van der Waals surface area contributed by atoms with Crippen molar-refractivity contribution in [2.75, 3.05) is 20.1 Å². The molecule has 0 aromatic carbocycles. The zero-order valence-electron chi connectivity index (χ0n) is 12.4. The van der Waals surface area contributed by atoms with Crippen molar-refractivity contribution in [3.8, 4) is 6.07 Å². The van der Waals surface area contributed by atoms with Crippen LogP contribution in [0.1, 0.15) is 39.5 Å². The van der Waals surface area contributed by atoms with Gasteiger partial charge < -0.3 is 14.9 Å². The maximum atomic E-state index is 12.5. The molecule has 2 amide bonds. The van der Waals surface area contributed by atoms with Crippen molar-refractivity contribution in [2.24, 2.45) is 5.92 Å². The van der Waals surface area contributed by atoms with Crippen molar-refractivity contribution in [1.82, 2.24) is 9.80 Å². The second-order valence-electron chi connectivity index (χ2n) is 5.54. The maximum absolute atomic E-state index is 12.5. The molecule has 0 bridgehead atoms. The van der Waals surface area contributed by atoms with Crippen LogP contribution in [0, 0.1) is 17.2 Å². The van der Waals surface area contributed by atoms with Gasteiger partial charge in [0.2, 0.25) is 0 Å². The van der Waals surface area contributed by atoms with Crippen LogP contribution < -0.4 is 0 Å². The number of urea groups is 1. The second-order valence-corrected chi connectivity index (χ2v) is 5.54. The quantitative estimate of drug-likeness (QED) is 0.834. The van der Waals surface area contributed by atoms with E-state index in [1.165, 1.54) is 9.80 Å². The average molecular weight is 281 g/mol. The first kappa shape index (κ1) is 16.3. The van der Waals surface area contributed by atoms with Crippen LogP contribution in [0.4, 0.5) is 4.79 Å². The van der Waals surface area contributed by atoms with Crippen LogP contribution >= 0.6 is 0 Å². The molecule has 1 aliphatic heterocycles. The van der Waals surface area contributed by atoms with E-state index < -0.39 is 11.5 Å². The second kappa shape index (κ2) is 6.60. The molecule has 20 heavy (non-hydrogen) atoms. The molecule has 1 fully saturated rings. The first-order chi connectivity index (χ1) is 9.39. The number of carbonyl (C=O) groups excluding carboxylic acids is 1. The Morgan fingerprint density at radius 3 is 2.70 bits per heavy atom. The number of hydrogen-bond acceptors (Lipinski definition) is 3. The number of likely N-dealkylation sites (tertiary alicyclic amines) is 1. The zero-order valence-corrected chi connectivity index (χ0v) is 12.4. The summed E-state index contributed by atoms with van der Waals surface area (Å²) in [6.45, 7) is 4.45. The van der Waals surface area contributed by atoms with Crippen LogP contribution in [0.15, 0.2) is 0 Å². The lowest BCUT2D eigenvalue weighted by Gasteiger charge is -2.37. The standard InChI is InChI=1S/C14H23N3O3/c1-4-6-14(12(18)19)7-5-8-17(14)13(20)16(3)10-11(2)9-15/h11H,4-8,10H2,1-3H3,(H,18,19). The molecule has 0 spiro atoms. The van der Waals surface area contributed by atoms with Gasteiger partial charge in [-0.2, -0.15) is 5.26 Å². The molecule has 2 atom stereocenters. The lowest BCUT2D eigenvalue weighted by Crippen LogP contribution is -2.56. The SMILES string of the molecule is CCCC1(C(=O)O)CCCN1C(=O)N(C)CC(C)C#N. The number of amides is 2. The number of aliphatic carboxylic acids is 1. The Labute approximate surface area is 120 Å². The highest BCUT2D eigenvalue weighted by molar-refractivity contribution is 5.87. The first-order valence-corrected chi connectivity index (χ1v) is 7.04. The molecule has 0 aromatic rings. The molecular weight excluding hydrogens is 258 g/mol. The molecule has 0 aliphatic carbocycles. The van der Waals surface area contributed by atoms with Gasteiger partial charge >= 0.3 is 12.0 Å². The van der Waals surface area contributed by atoms with Gasteiger partial charge in [0.1, 0.15) is 5.54 Å². The van der Waals surface area contributed by atoms with Crippen LogP contribution in [0.5, 0.6) is 0 Å². The van der Waals surface area contributed by atoms with Crippen LogP contribution in [-0.4, -0.2) is 52.6 Å². The van der Waals surface area contributed by atoms with Crippen LogP contribution in [0.3, 0.4) is 0 Å². The van der Waals surface area contributed by atoms with Gasteiger partial charge in [0.25, 0.3) is 0 Å². The molecule has 112 valence electrons. The summed E-state index contributed by atoms with van der Waals surface area (Å²) in [5.74, 6) is -1.19. The number of hydrogen-bond donors (Lipinski definition) is 1. The fraction of sp³-hybridized carbons (Fsp3) is 0.786. The fourth-order valence-electron chi connectivity index (χ4n) is 2.90. The van der Waals surface area contributed by atoms with Crippen molar-refractivity contribution >= 4 is 12.0 Å². The summed E-state index contributed by atoms with van der Waals surface area (Å²) >= 11 is 0. The van der Waals surface area contributed by atoms with E-state index in [0.717, 1.165) is 0 Å². The predicted octanol–water partition coefficient (Wildman–Crippen LogP) is 1.92. The third-order valence-electron chi connectivity index (χ3n) is 3.88. The lowest BCUT2D eigenvalue weighted by molar-refractivity contribution is -0.148. The molecule has 1 rings (SSSR count). The summed E-state index contributed by atoms with van der Waals surface area (Å²) < 4.78 is 0. The highest BCUT2D eigenvalue weighted by Gasteiger charge is 2.49. The summed E-state index contributed by atoms with van der Waals surface area (Å²) in [6.07, 6.45) is 2.40. The number of rotatable bonds is 5. The van der Waals surface area contributed by atoms with E-state index in [0.29, 0.717) is 38.8 Å². The third kappa shape index (κ3) is 3.03. The minimum Gasteiger partial charge on any atom is -0.479 e. The summed E-state index contributed by atoms with van der Waals surface area (Å²) in [5, 5.41) is 18.4. The summed E-state index contributed by atoms with van der Waals surface area (Å²) in [5.41, 5.74) is -1.07. The van der Waals surface area contributed by atoms with Gasteiger partial charge in [-0.05, 0) is 26.2 Å². The van der Waals surface area contributed by atoms with E-state index >= 15 is 0 Å². The minimum absolute atomic E-state index is 0.267. The Balaban J connectivity index is 2.90. The number of carboxylic acid groups (broad SMARTS) is 1. The molecule has 6 heteroatoms. The highest BCUT2D eigenvalue weighted by atomic mass is 16.4. The van der Waals surface area contributed by atoms with E-state index in [1.54, 1.807) is 14.0 Å². The van der Waals surface area contributed by atoms with Crippen LogP contribution in [0.2, 0.25) is 0 Å². The normalized spacial score (nSPS) is 23.2. The lowest BCUT2D eigenvalue weighted by atomic mass is 9.91. The topological polar surface area (TPSA) is 84.6 Å². The number of nitriles is 1. The largest absolute Gasteiger partial charge is 0.479 e. The van der Waals surface area contributed by atoms with Gasteiger partial charge in [-0.1, -0.05) is 13.3 Å². The van der Waals surface area contributed by atoms with Gasteiger partial charge in [-0.3, -0.25) is 0 Å². The monoisotopic (exact) mass is 281 g/mol. The Morgan fingerprint density at radius 2 is 2.20 bits per heavy atom. The Kier molecular flexibility index (Phi) is 5.37. The molecule has 0 radical (unpaired) electrons. The first-order valence-electron chi connectivity index (χ1n) is 7.04. The van der Waals surface area contributed by atoms with Gasteiger partial charge in [-0.15, -0.1) is 0 Å². The van der Waals surface area contributed by atoms with Gasteiger partial charge in [0.15, 0.2) is 0 Å². The Morgan fingerprint density at radius 1 is 1.55 bits per heavy atom. The summed E-state index contributed by atoms with van der Waals surface area (Å²) in [6, 6.07) is 1.79. The van der Waals surface area contributed by atoms with Crippen molar-refractivity contribution in [2.45, 2.75) is 45.1 Å². The Hall–Kier alpha value is -1.77. The molecular formula is C14H23N3O3. The van der Waals surface area contributed by atoms with Crippen molar-refractivity contribution in [3.05, 3.63) is 0 Å². The van der Waals surface area contributed by atoms with Crippen LogP contribution in [0.25, 0.3) is 0 Å². The molecule has 6 nitrogen and oxygen atoms in total. The maximum Gasteiger partial charge on any atom is 0.329 e. The zero-order chi connectivity index (χ0) is 15.3. The van der Waals surface area contributed by atoms with Crippen molar-refractivity contribution < 1.29 is 14.7 Å². The van der Waals surface area contributed by atoms with Gasteiger partial charge in [0.05, 0.1) is 12.0 Å². The highest BCUT2D eigenvalue weighted by Crippen LogP contribution is 2.34. The van der Waals surface area contributed by atoms with Crippen LogP contribution in [-0.2, 0) is 4.79 Å². The molecule has 1 saturated heterocycles. The van der Waals surface area contributed by atoms with E-state index in [4.69, 9.17) is 5.26 Å². The predicted molar refractivity (Wildman–Crippen MR) is 74.0 cm³/mol. The summed E-state index contributed by atoms with van der Waals surface area (Å²) in [7, 11) is 1.62. The molecule has 1 heterocycles. The van der Waals surface area contributed by atoms with E-state index in [2.05, 4.69) is 6.07 Å².